The molecule has 3 rings (SSSR count). The Morgan fingerprint density at radius 1 is 1.33 bits per heavy atom. The number of likely N-dealkylation sites (N-methyl/N-ethyl adjacent to an activating group) is 1. The van der Waals surface area contributed by atoms with E-state index in [0.717, 1.165) is 5.82 Å². The van der Waals surface area contributed by atoms with Crippen molar-refractivity contribution in [3.63, 3.8) is 0 Å². The number of halogens is 1. The predicted molar refractivity (Wildman–Crippen MR) is 115 cm³/mol. The number of hydrogen-bond donors (Lipinski definition) is 2. The second kappa shape index (κ2) is 9.21. The first-order valence-corrected chi connectivity index (χ1v) is 10.0. The molecule has 0 bridgehead atoms. The molecule has 0 saturated carbocycles. The van der Waals surface area contributed by atoms with Crippen LogP contribution in [0.15, 0.2) is 35.3 Å². The number of carbonyl (C=O) groups excluding carboxylic acids is 1. The van der Waals surface area contributed by atoms with Gasteiger partial charge >= 0.3 is 0 Å². The highest BCUT2D eigenvalue weighted by molar-refractivity contribution is 5.95. The van der Waals surface area contributed by atoms with Gasteiger partial charge in [-0.3, -0.25) is 9.59 Å². The molecule has 0 spiro atoms. The number of imidazole rings is 1. The molecule has 1 unspecified atom stereocenters. The van der Waals surface area contributed by atoms with Crippen molar-refractivity contribution in [2.24, 2.45) is 0 Å². The second-order valence-corrected chi connectivity index (χ2v) is 7.90. The topological polar surface area (TPSA) is 83.0 Å². The number of aromatic nitrogens is 3. The van der Waals surface area contributed by atoms with Crippen molar-refractivity contribution in [1.29, 1.82) is 0 Å². The Balaban J connectivity index is 1.62. The van der Waals surface area contributed by atoms with Crippen molar-refractivity contribution in [1.82, 2.24) is 24.8 Å². The van der Waals surface area contributed by atoms with Crippen molar-refractivity contribution < 1.29 is 9.18 Å². The average molecular weight is 413 g/mol. The molecule has 1 atom stereocenters. The Morgan fingerprint density at radius 3 is 2.83 bits per heavy atom. The van der Waals surface area contributed by atoms with E-state index in [0.29, 0.717) is 42.5 Å². The number of rotatable bonds is 8. The molecule has 0 saturated heterocycles. The number of nitrogens with zero attached hydrogens (tertiary/aromatic N) is 3. The van der Waals surface area contributed by atoms with Crippen LogP contribution >= 0.6 is 0 Å². The molecule has 0 aliphatic rings. The summed E-state index contributed by atoms with van der Waals surface area (Å²) < 4.78 is 14.9. The van der Waals surface area contributed by atoms with Crippen molar-refractivity contribution in [3.8, 4) is 0 Å². The fourth-order valence-electron chi connectivity index (χ4n) is 3.58. The number of benzene rings is 1. The molecule has 8 heteroatoms. The van der Waals surface area contributed by atoms with Gasteiger partial charge in [0.2, 0.25) is 0 Å². The van der Waals surface area contributed by atoms with Gasteiger partial charge in [-0.05, 0) is 64.2 Å². The second-order valence-electron chi connectivity index (χ2n) is 7.90. The molecule has 160 valence electrons. The molecule has 3 aromatic rings. The van der Waals surface area contributed by atoms with Gasteiger partial charge in [-0.15, -0.1) is 0 Å². The molecule has 0 aliphatic heterocycles. The maximum Gasteiger partial charge on any atom is 0.263 e. The molecule has 1 amide bonds. The summed E-state index contributed by atoms with van der Waals surface area (Å²) in [4.78, 5) is 35.1. The van der Waals surface area contributed by atoms with Crippen molar-refractivity contribution >= 4 is 16.9 Å². The van der Waals surface area contributed by atoms with Crippen LogP contribution < -0.4 is 10.9 Å². The monoisotopic (exact) mass is 413 g/mol. The van der Waals surface area contributed by atoms with Crippen LogP contribution in [0.3, 0.4) is 0 Å². The SMILES string of the molecule is Cc1ccn(C(C)CN(C)C)c(=O)c1C(=O)NCCCc1nc2ccc(F)cc2[nH]1. The standard InChI is InChI=1S/C22H28FN5O2/c1-14-9-11-28(15(2)13-27(3)4)22(30)20(14)21(29)24-10-5-6-19-25-17-8-7-16(23)12-18(17)26-19/h7-9,11-12,15H,5-6,10,13H2,1-4H3,(H,24,29)(H,25,26). The number of amides is 1. The minimum absolute atomic E-state index is 0.0439. The number of H-pyrrole nitrogens is 1. The summed E-state index contributed by atoms with van der Waals surface area (Å²) in [7, 11) is 3.89. The third-order valence-corrected chi connectivity index (χ3v) is 5.03. The Kier molecular flexibility index (Phi) is 6.66. The highest BCUT2D eigenvalue weighted by Crippen LogP contribution is 2.14. The first kappa shape index (κ1) is 21.7. The summed E-state index contributed by atoms with van der Waals surface area (Å²) in [5.41, 5.74) is 1.93. The van der Waals surface area contributed by atoms with E-state index in [9.17, 15) is 14.0 Å². The zero-order valence-corrected chi connectivity index (χ0v) is 17.8. The summed E-state index contributed by atoms with van der Waals surface area (Å²) >= 11 is 0. The first-order valence-electron chi connectivity index (χ1n) is 10.0. The van der Waals surface area contributed by atoms with Crippen LogP contribution in [0.2, 0.25) is 0 Å². The molecule has 2 aromatic heterocycles. The van der Waals surface area contributed by atoms with E-state index in [2.05, 4.69) is 15.3 Å². The number of carbonyl (C=O) groups is 1. The van der Waals surface area contributed by atoms with Crippen LogP contribution in [-0.2, 0) is 6.42 Å². The maximum atomic E-state index is 13.3. The smallest absolute Gasteiger partial charge is 0.263 e. The lowest BCUT2D eigenvalue weighted by Gasteiger charge is -2.20. The van der Waals surface area contributed by atoms with E-state index in [4.69, 9.17) is 0 Å². The van der Waals surface area contributed by atoms with Gasteiger partial charge in [0.05, 0.1) is 11.0 Å². The lowest BCUT2D eigenvalue weighted by atomic mass is 10.1. The lowest BCUT2D eigenvalue weighted by Crippen LogP contribution is -2.37. The number of aryl methyl sites for hydroxylation is 2. The third-order valence-electron chi connectivity index (χ3n) is 5.03. The minimum Gasteiger partial charge on any atom is -0.352 e. The molecule has 2 N–H and O–H groups in total. The van der Waals surface area contributed by atoms with Crippen LogP contribution in [0.5, 0.6) is 0 Å². The molecule has 0 aliphatic carbocycles. The van der Waals surface area contributed by atoms with E-state index in [1.165, 1.54) is 12.1 Å². The van der Waals surface area contributed by atoms with E-state index in [-0.39, 0.29) is 28.9 Å². The molecule has 1 aromatic carbocycles. The van der Waals surface area contributed by atoms with E-state index in [1.54, 1.807) is 29.8 Å². The van der Waals surface area contributed by atoms with Crippen LogP contribution in [0, 0.1) is 12.7 Å². The number of aromatic amines is 1. The predicted octanol–water partition coefficient (Wildman–Crippen LogP) is 2.66. The Labute approximate surface area is 174 Å². The molecule has 7 nitrogen and oxygen atoms in total. The third kappa shape index (κ3) is 4.94. The van der Waals surface area contributed by atoms with Gasteiger partial charge in [-0.1, -0.05) is 0 Å². The normalized spacial score (nSPS) is 12.5. The van der Waals surface area contributed by atoms with Crippen molar-refractivity contribution in [2.75, 3.05) is 27.2 Å². The van der Waals surface area contributed by atoms with Gasteiger partial charge < -0.3 is 19.8 Å². The summed E-state index contributed by atoms with van der Waals surface area (Å²) in [5, 5.41) is 2.84. The fraction of sp³-hybridized carbons (Fsp3) is 0.409. The maximum absolute atomic E-state index is 13.3. The van der Waals surface area contributed by atoms with Crippen molar-refractivity contribution in [3.05, 3.63) is 63.6 Å². The Hall–Kier alpha value is -3.00. The number of fused-ring (bicyclic) bond motifs is 1. The molecular formula is C22H28FN5O2. The summed E-state index contributed by atoms with van der Waals surface area (Å²) in [6.45, 7) is 4.83. The zero-order chi connectivity index (χ0) is 21.8. The average Bonchev–Trinajstić information content (AvgIpc) is 3.06. The van der Waals surface area contributed by atoms with Gasteiger partial charge in [0, 0.05) is 31.7 Å². The van der Waals surface area contributed by atoms with E-state index in [1.807, 2.05) is 25.9 Å². The number of hydrogen-bond acceptors (Lipinski definition) is 4. The van der Waals surface area contributed by atoms with E-state index >= 15 is 0 Å². The van der Waals surface area contributed by atoms with E-state index < -0.39 is 0 Å². The Bertz CT molecular complexity index is 1100. The van der Waals surface area contributed by atoms with Crippen molar-refractivity contribution in [2.45, 2.75) is 32.7 Å². The summed E-state index contributed by atoms with van der Waals surface area (Å²) in [6.07, 6.45) is 2.99. The highest BCUT2D eigenvalue weighted by Gasteiger charge is 2.18. The largest absolute Gasteiger partial charge is 0.352 e. The quantitative estimate of drug-likeness (QED) is 0.556. The molecule has 2 heterocycles. The summed E-state index contributed by atoms with van der Waals surface area (Å²) in [5.74, 6) is 0.0601. The van der Waals surface area contributed by atoms with Gasteiger partial charge in [-0.25, -0.2) is 9.37 Å². The van der Waals surface area contributed by atoms with Gasteiger partial charge in [0.15, 0.2) is 0 Å². The molecular weight excluding hydrogens is 385 g/mol. The lowest BCUT2D eigenvalue weighted by molar-refractivity contribution is 0.0950. The summed E-state index contributed by atoms with van der Waals surface area (Å²) in [6, 6.07) is 6.18. The molecule has 0 fully saturated rings. The highest BCUT2D eigenvalue weighted by atomic mass is 19.1. The van der Waals surface area contributed by atoms with Crippen LogP contribution in [-0.4, -0.2) is 52.5 Å². The zero-order valence-electron chi connectivity index (χ0n) is 17.8. The number of nitrogens with one attached hydrogen (secondary N) is 2. The van der Waals surface area contributed by atoms with Crippen LogP contribution in [0.1, 0.15) is 41.1 Å². The van der Waals surface area contributed by atoms with Gasteiger partial charge in [0.1, 0.15) is 17.2 Å². The first-order chi connectivity index (χ1) is 14.3. The number of pyridine rings is 1. The molecule has 0 radical (unpaired) electrons. The van der Waals surface area contributed by atoms with Gasteiger partial charge in [0.25, 0.3) is 11.5 Å². The Morgan fingerprint density at radius 2 is 2.10 bits per heavy atom. The van der Waals surface area contributed by atoms with Crippen LogP contribution in [0.25, 0.3) is 11.0 Å². The molecule has 30 heavy (non-hydrogen) atoms. The van der Waals surface area contributed by atoms with Gasteiger partial charge in [-0.2, -0.15) is 0 Å². The fourth-order valence-corrected chi connectivity index (χ4v) is 3.58. The van der Waals surface area contributed by atoms with Crippen LogP contribution in [0.4, 0.5) is 4.39 Å². The minimum atomic E-state index is -0.365.